The van der Waals surface area contributed by atoms with Crippen molar-refractivity contribution in [3.05, 3.63) is 106 Å². The maximum atomic E-state index is 13.6. The molecule has 0 bridgehead atoms. The minimum Gasteiger partial charge on any atom is -0.356 e. The largest absolute Gasteiger partial charge is 0.356 e. The van der Waals surface area contributed by atoms with Crippen LogP contribution in [0.5, 0.6) is 0 Å². The van der Waals surface area contributed by atoms with Gasteiger partial charge >= 0.3 is 0 Å². The summed E-state index contributed by atoms with van der Waals surface area (Å²) in [5, 5.41) is 3.09. The lowest BCUT2D eigenvalue weighted by Crippen LogP contribution is -2.36. The first-order valence-electron chi connectivity index (χ1n) is 11.4. The molecule has 1 atom stereocenters. The van der Waals surface area contributed by atoms with Crippen LogP contribution in [0.2, 0.25) is 0 Å². The highest BCUT2D eigenvalue weighted by Crippen LogP contribution is 2.44. The first kappa shape index (κ1) is 21.2. The first-order chi connectivity index (χ1) is 15.9. The van der Waals surface area contributed by atoms with Crippen LogP contribution >= 0.6 is 0 Å². The molecule has 5 rings (SSSR count). The van der Waals surface area contributed by atoms with Gasteiger partial charge in [0.05, 0.1) is 18.3 Å². The summed E-state index contributed by atoms with van der Waals surface area (Å²) in [5.74, 6) is 0.752. The maximum Gasteiger partial charge on any atom is 0.277 e. The van der Waals surface area contributed by atoms with Crippen molar-refractivity contribution in [2.45, 2.75) is 45.8 Å². The van der Waals surface area contributed by atoms with E-state index in [9.17, 15) is 9.59 Å². The predicted molar refractivity (Wildman–Crippen MR) is 129 cm³/mol. The third kappa shape index (κ3) is 3.97. The standard InChI is InChI=1S/C27H28N4O2/c1-27(2)16-22(30(26(27)33)17-19-10-5-3-6-11-19)24-29-21-14-9-15-28-23(21)25(32)31(24)18-20-12-7-4-8-13-20/h3-13,15,22,28H,14,16-18H2,1-2H3. The Morgan fingerprint density at radius 1 is 0.970 bits per heavy atom. The number of nitrogens with one attached hydrogen (secondary N) is 1. The number of carbonyl (C=O) groups excluding carboxylic acids is 1. The third-order valence-corrected chi connectivity index (χ3v) is 6.53. The average Bonchev–Trinajstić information content (AvgIpc) is 3.05. The minimum absolute atomic E-state index is 0.0904. The van der Waals surface area contributed by atoms with Crippen molar-refractivity contribution in [1.29, 1.82) is 0 Å². The van der Waals surface area contributed by atoms with E-state index in [0.717, 1.165) is 16.8 Å². The number of amides is 1. The monoisotopic (exact) mass is 440 g/mol. The van der Waals surface area contributed by atoms with Gasteiger partial charge in [0.25, 0.3) is 5.56 Å². The Labute approximate surface area is 193 Å². The van der Waals surface area contributed by atoms with E-state index in [2.05, 4.69) is 5.32 Å². The molecule has 2 aliphatic heterocycles. The van der Waals surface area contributed by atoms with Gasteiger partial charge in [0.1, 0.15) is 11.5 Å². The molecule has 6 nitrogen and oxygen atoms in total. The number of hydrogen-bond donors (Lipinski definition) is 1. The second-order valence-corrected chi connectivity index (χ2v) is 9.44. The average molecular weight is 441 g/mol. The molecular weight excluding hydrogens is 412 g/mol. The fraction of sp³-hybridized carbons (Fsp3) is 0.296. The summed E-state index contributed by atoms with van der Waals surface area (Å²) in [5.41, 5.74) is 2.72. The molecule has 0 radical (unpaired) electrons. The van der Waals surface area contributed by atoms with E-state index >= 15 is 0 Å². The van der Waals surface area contributed by atoms with Gasteiger partial charge < -0.3 is 10.2 Å². The van der Waals surface area contributed by atoms with Crippen LogP contribution in [0.3, 0.4) is 0 Å². The summed E-state index contributed by atoms with van der Waals surface area (Å²) in [6, 6.07) is 19.6. The summed E-state index contributed by atoms with van der Waals surface area (Å²) >= 11 is 0. The second kappa shape index (κ2) is 8.35. The van der Waals surface area contributed by atoms with Gasteiger partial charge in [-0.1, -0.05) is 80.6 Å². The lowest BCUT2D eigenvalue weighted by atomic mass is 9.89. The topological polar surface area (TPSA) is 67.2 Å². The normalized spacial score (nSPS) is 18.8. The smallest absolute Gasteiger partial charge is 0.277 e. The van der Waals surface area contributed by atoms with Crippen molar-refractivity contribution in [2.24, 2.45) is 5.41 Å². The molecule has 1 amide bonds. The number of rotatable bonds is 5. The van der Waals surface area contributed by atoms with Gasteiger partial charge in [-0.2, -0.15) is 0 Å². The van der Waals surface area contributed by atoms with Gasteiger partial charge in [-0.15, -0.1) is 0 Å². The van der Waals surface area contributed by atoms with Crippen LogP contribution < -0.4 is 10.9 Å². The quantitative estimate of drug-likeness (QED) is 0.643. The fourth-order valence-corrected chi connectivity index (χ4v) is 4.80. The summed E-state index contributed by atoms with van der Waals surface area (Å²) in [7, 11) is 0. The van der Waals surface area contributed by atoms with Crippen molar-refractivity contribution < 1.29 is 4.79 Å². The van der Waals surface area contributed by atoms with Crippen LogP contribution in [-0.4, -0.2) is 20.4 Å². The molecule has 2 aromatic carbocycles. The highest BCUT2D eigenvalue weighted by atomic mass is 16.2. The molecule has 2 aliphatic rings. The van der Waals surface area contributed by atoms with Crippen molar-refractivity contribution >= 4 is 11.6 Å². The Morgan fingerprint density at radius 3 is 2.27 bits per heavy atom. The Kier molecular flexibility index (Phi) is 5.36. The van der Waals surface area contributed by atoms with Gasteiger partial charge in [0.15, 0.2) is 0 Å². The highest BCUT2D eigenvalue weighted by Gasteiger charge is 2.47. The Bertz CT molecular complexity index is 1260. The van der Waals surface area contributed by atoms with Crippen molar-refractivity contribution in [3.8, 4) is 0 Å². The lowest BCUT2D eigenvalue weighted by molar-refractivity contribution is -0.136. The third-order valence-electron chi connectivity index (χ3n) is 6.53. The summed E-state index contributed by atoms with van der Waals surface area (Å²) in [4.78, 5) is 34.0. The molecule has 33 heavy (non-hydrogen) atoms. The number of benzene rings is 2. The highest BCUT2D eigenvalue weighted by molar-refractivity contribution is 5.84. The number of likely N-dealkylation sites (tertiary alicyclic amines) is 1. The van der Waals surface area contributed by atoms with Crippen LogP contribution in [0.25, 0.3) is 0 Å². The molecule has 1 unspecified atom stereocenters. The second-order valence-electron chi connectivity index (χ2n) is 9.44. The SMILES string of the molecule is CC1(C)CC(c2nc3c(c(=O)n2Cc2ccccc2)NC=CC3)N(Cc2ccccc2)C1=O. The van der Waals surface area contributed by atoms with Gasteiger partial charge in [-0.05, 0) is 23.7 Å². The Balaban J connectivity index is 1.63. The number of anilines is 1. The van der Waals surface area contributed by atoms with E-state index in [1.54, 1.807) is 10.8 Å². The molecule has 0 saturated carbocycles. The van der Waals surface area contributed by atoms with Crippen LogP contribution in [0, 0.1) is 5.41 Å². The van der Waals surface area contributed by atoms with E-state index < -0.39 is 5.41 Å². The number of fused-ring (bicyclic) bond motifs is 1. The summed E-state index contributed by atoms with van der Waals surface area (Å²) in [6.45, 7) is 4.86. The molecule has 6 heteroatoms. The molecule has 0 aliphatic carbocycles. The van der Waals surface area contributed by atoms with E-state index in [0.29, 0.717) is 37.4 Å². The molecular formula is C27H28N4O2. The molecule has 1 N–H and O–H groups in total. The minimum atomic E-state index is -0.525. The molecule has 1 saturated heterocycles. The van der Waals surface area contributed by atoms with E-state index in [-0.39, 0.29) is 17.5 Å². The Morgan fingerprint density at radius 2 is 1.61 bits per heavy atom. The van der Waals surface area contributed by atoms with E-state index in [4.69, 9.17) is 4.98 Å². The number of nitrogens with zero attached hydrogens (tertiary/aromatic N) is 3. The molecule has 0 spiro atoms. The molecule has 168 valence electrons. The van der Waals surface area contributed by atoms with Crippen molar-refractivity contribution in [3.63, 3.8) is 0 Å². The molecule has 3 aromatic rings. The number of hydrogen-bond acceptors (Lipinski definition) is 4. The van der Waals surface area contributed by atoms with Crippen molar-refractivity contribution in [1.82, 2.24) is 14.5 Å². The zero-order chi connectivity index (χ0) is 23.0. The first-order valence-corrected chi connectivity index (χ1v) is 11.4. The number of allylic oxidation sites excluding steroid dienone is 1. The molecule has 1 fully saturated rings. The van der Waals surface area contributed by atoms with E-state index in [1.807, 2.05) is 85.5 Å². The lowest BCUT2D eigenvalue weighted by Gasteiger charge is -2.28. The maximum absolute atomic E-state index is 13.6. The zero-order valence-corrected chi connectivity index (χ0v) is 19.0. The summed E-state index contributed by atoms with van der Waals surface area (Å²) < 4.78 is 1.75. The van der Waals surface area contributed by atoms with Gasteiger partial charge in [0.2, 0.25) is 5.91 Å². The van der Waals surface area contributed by atoms with Crippen LogP contribution in [0.4, 0.5) is 5.69 Å². The van der Waals surface area contributed by atoms with Crippen LogP contribution in [-0.2, 0) is 24.3 Å². The molecule has 3 heterocycles. The van der Waals surface area contributed by atoms with Gasteiger partial charge in [0, 0.05) is 18.4 Å². The van der Waals surface area contributed by atoms with Crippen molar-refractivity contribution in [2.75, 3.05) is 5.32 Å². The van der Waals surface area contributed by atoms with Crippen LogP contribution in [0.1, 0.15) is 49.0 Å². The molecule has 1 aromatic heterocycles. The van der Waals surface area contributed by atoms with Crippen LogP contribution in [0.15, 0.2) is 77.7 Å². The number of aromatic nitrogens is 2. The van der Waals surface area contributed by atoms with Gasteiger partial charge in [-0.25, -0.2) is 4.98 Å². The summed E-state index contributed by atoms with van der Waals surface area (Å²) in [6.07, 6.45) is 4.97. The Hall–Kier alpha value is -3.67. The van der Waals surface area contributed by atoms with Gasteiger partial charge in [-0.3, -0.25) is 14.2 Å². The fourth-order valence-electron chi connectivity index (χ4n) is 4.80. The zero-order valence-electron chi connectivity index (χ0n) is 19.0. The van der Waals surface area contributed by atoms with E-state index in [1.165, 1.54) is 0 Å². The predicted octanol–water partition coefficient (Wildman–Crippen LogP) is 4.27. The number of carbonyl (C=O) groups is 1.